The number of halogens is 6. The van der Waals surface area contributed by atoms with E-state index in [1.807, 2.05) is 12.1 Å². The third kappa shape index (κ3) is 10.6. The van der Waals surface area contributed by atoms with Gasteiger partial charge in [-0.25, -0.2) is 4.39 Å². The summed E-state index contributed by atoms with van der Waals surface area (Å²) in [5.74, 6) is -3.11. The minimum atomic E-state index is -4.62. The lowest BCUT2D eigenvalue weighted by Crippen LogP contribution is -2.44. The number of alkyl halides is 3. The molecule has 5 rings (SSSR count). The lowest BCUT2D eigenvalue weighted by atomic mass is 9.93. The van der Waals surface area contributed by atoms with Gasteiger partial charge in [-0.3, -0.25) is 14.4 Å². The van der Waals surface area contributed by atoms with Crippen LogP contribution in [-0.2, 0) is 15.1 Å². The predicted molar refractivity (Wildman–Crippen MR) is 186 cm³/mol. The van der Waals surface area contributed by atoms with Gasteiger partial charge in [0.25, 0.3) is 5.91 Å². The van der Waals surface area contributed by atoms with Crippen molar-refractivity contribution in [1.82, 2.24) is 25.6 Å². The zero-order valence-corrected chi connectivity index (χ0v) is 29.1. The first-order chi connectivity index (χ1) is 24.5. The zero-order chi connectivity index (χ0) is 37.7. The van der Waals surface area contributed by atoms with Gasteiger partial charge in [-0.1, -0.05) is 49.2 Å². The number of amides is 3. The molecule has 0 aliphatic heterocycles. The Morgan fingerprint density at radius 2 is 1.46 bits per heavy atom. The van der Waals surface area contributed by atoms with Crippen LogP contribution in [0, 0.1) is 11.2 Å². The number of nitrogens with zero attached hydrogens (tertiary/aromatic N) is 3. The van der Waals surface area contributed by atoms with Crippen LogP contribution in [0.3, 0.4) is 0 Å². The minimum Gasteiger partial charge on any atom is -0.454 e. The molecule has 5 N–H and O–H groups in total. The highest BCUT2D eigenvalue weighted by molar-refractivity contribution is 6.39. The van der Waals surface area contributed by atoms with Crippen LogP contribution in [0.5, 0.6) is 6.01 Å². The molecule has 1 saturated carbocycles. The van der Waals surface area contributed by atoms with Crippen molar-refractivity contribution < 1.29 is 36.7 Å². The summed E-state index contributed by atoms with van der Waals surface area (Å²) < 4.78 is 56.9. The normalized spacial score (nSPS) is 13.5. The van der Waals surface area contributed by atoms with Gasteiger partial charge in [0.15, 0.2) is 6.61 Å². The number of hydrogen-bond acceptors (Lipinski definition) is 9. The number of carbonyl (C=O) groups is 3. The topological polar surface area (TPSA) is 159 Å². The van der Waals surface area contributed by atoms with Crippen molar-refractivity contribution in [3.05, 3.63) is 93.7 Å². The quantitative estimate of drug-likeness (QED) is 0.0746. The number of aromatic nitrogens is 3. The number of benzene rings is 3. The highest BCUT2D eigenvalue weighted by Crippen LogP contribution is 2.48. The molecule has 1 aromatic heterocycles. The second-order valence-electron chi connectivity index (χ2n) is 12.7. The van der Waals surface area contributed by atoms with Crippen LogP contribution in [0.25, 0.3) is 0 Å². The Hall–Kier alpha value is -5.22. The molecule has 3 aromatic carbocycles. The monoisotopic (exact) mass is 762 g/mol. The maximum Gasteiger partial charge on any atom is 0.422 e. The average Bonchev–Trinajstić information content (AvgIpc) is 3.87. The van der Waals surface area contributed by atoms with Gasteiger partial charge in [-0.2, -0.15) is 28.1 Å². The number of rotatable bonds is 13. The summed E-state index contributed by atoms with van der Waals surface area (Å²) in [5.41, 5.74) is 0.547. The number of nitrogens with one attached hydrogen (secondary N) is 5. The molecule has 52 heavy (non-hydrogen) atoms. The number of hydrogen-bond donors (Lipinski definition) is 5. The predicted octanol–water partition coefficient (Wildman–Crippen LogP) is 6.61. The summed E-state index contributed by atoms with van der Waals surface area (Å²) in [6.45, 7) is 2.09. The molecule has 12 nitrogen and oxygen atoms in total. The molecule has 1 heterocycles. The van der Waals surface area contributed by atoms with Gasteiger partial charge in [0.05, 0.1) is 10.6 Å². The van der Waals surface area contributed by atoms with Crippen LogP contribution in [0.4, 0.5) is 40.8 Å². The Balaban J connectivity index is 1.17. The molecule has 0 atom stereocenters. The van der Waals surface area contributed by atoms with Crippen LogP contribution < -0.4 is 31.3 Å². The summed E-state index contributed by atoms with van der Waals surface area (Å²) in [4.78, 5) is 49.8. The number of anilines is 4. The maximum absolute atomic E-state index is 13.4. The summed E-state index contributed by atoms with van der Waals surface area (Å²) in [6.07, 6.45) is -3.17. The lowest BCUT2D eigenvalue weighted by Gasteiger charge is -2.25. The van der Waals surface area contributed by atoms with E-state index >= 15 is 0 Å². The molecular formula is C34H32Cl2F4N8O4. The molecule has 18 heteroatoms. The van der Waals surface area contributed by atoms with E-state index in [1.165, 1.54) is 24.3 Å². The van der Waals surface area contributed by atoms with Crippen molar-refractivity contribution in [1.29, 1.82) is 0 Å². The van der Waals surface area contributed by atoms with Crippen LogP contribution in [0.1, 0.15) is 42.6 Å². The minimum absolute atomic E-state index is 0.00431. The molecule has 274 valence electrons. The van der Waals surface area contributed by atoms with Gasteiger partial charge in [0.2, 0.25) is 11.9 Å². The van der Waals surface area contributed by atoms with Crippen molar-refractivity contribution in [3.63, 3.8) is 0 Å². The van der Waals surface area contributed by atoms with Crippen LogP contribution in [0.15, 0.2) is 66.7 Å². The fourth-order valence-corrected chi connectivity index (χ4v) is 5.06. The van der Waals surface area contributed by atoms with Gasteiger partial charge in [0, 0.05) is 35.1 Å². The molecule has 1 aliphatic carbocycles. The summed E-state index contributed by atoms with van der Waals surface area (Å²) in [6, 6.07) is 16.2. The van der Waals surface area contributed by atoms with Crippen molar-refractivity contribution in [2.24, 2.45) is 5.41 Å². The molecule has 3 amide bonds. The Labute approximate surface area is 305 Å². The Morgan fingerprint density at radius 1 is 0.827 bits per heavy atom. The molecule has 1 fully saturated rings. The van der Waals surface area contributed by atoms with Crippen molar-refractivity contribution >= 4 is 64.2 Å². The summed E-state index contributed by atoms with van der Waals surface area (Å²) in [7, 11) is 0. The first kappa shape index (κ1) is 38.0. The third-order valence-electron chi connectivity index (χ3n) is 7.72. The van der Waals surface area contributed by atoms with E-state index in [9.17, 15) is 31.9 Å². The zero-order valence-electron chi connectivity index (χ0n) is 27.6. The maximum atomic E-state index is 13.4. The smallest absolute Gasteiger partial charge is 0.422 e. The third-order valence-corrected chi connectivity index (χ3v) is 8.26. The van der Waals surface area contributed by atoms with Crippen LogP contribution in [0.2, 0.25) is 10.0 Å². The van der Waals surface area contributed by atoms with Crippen LogP contribution >= 0.6 is 23.2 Å². The largest absolute Gasteiger partial charge is 0.454 e. The van der Waals surface area contributed by atoms with E-state index < -0.39 is 53.3 Å². The van der Waals surface area contributed by atoms with Gasteiger partial charge in [-0.05, 0) is 78.4 Å². The SMILES string of the molecule is CC(C)(CNC(=O)C(=O)Nc1ccc(F)c(Cl)c1)CNC(=O)c1ccc(Nc2nc(NC3(c4ccc(Cl)cc4)CC3)nc(OCC(F)(F)F)n2)cc1. The second kappa shape index (κ2) is 15.6. The van der Waals surface area contributed by atoms with E-state index in [0.29, 0.717) is 10.7 Å². The summed E-state index contributed by atoms with van der Waals surface area (Å²) >= 11 is 11.7. The standard InChI is InChI=1S/C34H32Cl2F4N8O4/c1-32(2,17-42-27(50)28(51)43-23-11-12-25(37)24(36)15-23)16-41-26(49)19-3-9-22(10-4-19)44-29-45-30(47-31(46-29)52-18-34(38,39)40)48-33(13-14-33)20-5-7-21(35)8-6-20/h3-12,15H,13-14,16-18H2,1-2H3,(H,41,49)(H,42,50)(H,43,51)(H2,44,45,46,47,48). The van der Waals surface area contributed by atoms with E-state index in [-0.39, 0.29) is 41.3 Å². The van der Waals surface area contributed by atoms with E-state index in [4.69, 9.17) is 27.9 Å². The first-order valence-electron chi connectivity index (χ1n) is 15.7. The summed E-state index contributed by atoms with van der Waals surface area (Å²) in [5, 5.41) is 14.1. The lowest BCUT2D eigenvalue weighted by molar-refractivity contribution is -0.154. The highest BCUT2D eigenvalue weighted by atomic mass is 35.5. The fraction of sp³-hybridized carbons (Fsp3) is 0.294. The molecule has 0 bridgehead atoms. The van der Waals surface area contributed by atoms with Gasteiger partial charge in [-0.15, -0.1) is 0 Å². The van der Waals surface area contributed by atoms with Gasteiger partial charge < -0.3 is 31.3 Å². The molecule has 0 radical (unpaired) electrons. The molecule has 4 aromatic rings. The van der Waals surface area contributed by atoms with Gasteiger partial charge >= 0.3 is 24.0 Å². The van der Waals surface area contributed by atoms with E-state index in [0.717, 1.165) is 24.5 Å². The first-order valence-corrected chi connectivity index (χ1v) is 16.4. The Morgan fingerprint density at radius 3 is 2.10 bits per heavy atom. The van der Waals surface area contributed by atoms with E-state index in [2.05, 4.69) is 41.5 Å². The molecule has 0 spiro atoms. The average molecular weight is 764 g/mol. The van der Waals surface area contributed by atoms with Crippen molar-refractivity contribution in [3.8, 4) is 6.01 Å². The van der Waals surface area contributed by atoms with E-state index in [1.54, 1.807) is 38.1 Å². The molecule has 0 unspecified atom stereocenters. The van der Waals surface area contributed by atoms with Crippen molar-refractivity contribution in [2.45, 2.75) is 38.4 Å². The molecule has 1 aliphatic rings. The van der Waals surface area contributed by atoms with Crippen LogP contribution in [-0.4, -0.2) is 58.5 Å². The molecule has 0 saturated heterocycles. The molecular weight excluding hydrogens is 731 g/mol. The van der Waals surface area contributed by atoms with Crippen molar-refractivity contribution in [2.75, 3.05) is 35.6 Å². The Bertz CT molecular complexity index is 1940. The second-order valence-corrected chi connectivity index (χ2v) is 13.5. The number of ether oxygens (including phenoxy) is 1. The van der Waals surface area contributed by atoms with Gasteiger partial charge in [0.1, 0.15) is 5.82 Å². The Kier molecular flexibility index (Phi) is 11.4. The number of carbonyl (C=O) groups excluding carboxylic acids is 3. The fourth-order valence-electron chi connectivity index (χ4n) is 4.75. The highest BCUT2D eigenvalue weighted by Gasteiger charge is 2.45.